The zero-order chi connectivity index (χ0) is 8.27. The minimum absolute atomic E-state index is 0.537. The van der Waals surface area contributed by atoms with E-state index in [9.17, 15) is 0 Å². The van der Waals surface area contributed by atoms with Crippen LogP contribution in [0.4, 0.5) is 0 Å². The molecule has 0 aromatic heterocycles. The zero-order valence-electron chi connectivity index (χ0n) is 7.49. The molecule has 0 aliphatic carbocycles. The number of nitrogens with zero attached hydrogens (tertiary/aromatic N) is 2. The van der Waals surface area contributed by atoms with Gasteiger partial charge in [-0.1, -0.05) is 19.1 Å². The predicted molar refractivity (Wildman–Crippen MR) is 47.9 cm³/mol. The third-order valence-electron chi connectivity index (χ3n) is 2.14. The minimum atomic E-state index is 0.537. The highest BCUT2D eigenvalue weighted by Gasteiger charge is 2.12. The van der Waals surface area contributed by atoms with Crippen molar-refractivity contribution in [3.05, 3.63) is 24.4 Å². The lowest BCUT2D eigenvalue weighted by Gasteiger charge is -2.31. The molecule has 11 heavy (non-hydrogen) atoms. The largest absolute Gasteiger partial charge is 0.316 e. The quantitative estimate of drug-likeness (QED) is 0.563. The summed E-state index contributed by atoms with van der Waals surface area (Å²) in [5, 5.41) is 4.33. The molecule has 0 spiro atoms. The van der Waals surface area contributed by atoms with Gasteiger partial charge in [-0.25, -0.2) is 5.01 Å². The first-order valence-corrected chi connectivity index (χ1v) is 4.06. The molecule has 1 aliphatic rings. The van der Waals surface area contributed by atoms with Crippen molar-refractivity contribution in [1.29, 1.82) is 0 Å². The molecule has 0 bridgehead atoms. The minimum Gasteiger partial charge on any atom is -0.316 e. The highest BCUT2D eigenvalue weighted by molar-refractivity contribution is 5.08. The molecule has 2 nitrogen and oxygen atoms in total. The van der Waals surface area contributed by atoms with Crippen LogP contribution >= 0.6 is 0 Å². The number of allylic oxidation sites excluding steroid dienone is 2. The van der Waals surface area contributed by atoms with Crippen LogP contribution < -0.4 is 0 Å². The molecule has 1 heterocycles. The Balaban J connectivity index is 2.68. The summed E-state index contributed by atoms with van der Waals surface area (Å²) < 4.78 is 0. The number of hydrazine groups is 1. The molecule has 0 N–H and O–H groups in total. The highest BCUT2D eigenvalue weighted by Crippen LogP contribution is 2.09. The Morgan fingerprint density at radius 2 is 2.00 bits per heavy atom. The van der Waals surface area contributed by atoms with Crippen LogP contribution in [0.1, 0.15) is 13.3 Å². The number of hydrogen-bond acceptors (Lipinski definition) is 2. The molecule has 1 atom stereocenters. The third kappa shape index (κ3) is 1.84. The van der Waals surface area contributed by atoms with Gasteiger partial charge in [-0.05, 0) is 12.5 Å². The van der Waals surface area contributed by atoms with Gasteiger partial charge in [0, 0.05) is 26.3 Å². The van der Waals surface area contributed by atoms with Gasteiger partial charge in [0.1, 0.15) is 0 Å². The Labute approximate surface area is 68.8 Å². The molecule has 0 aromatic carbocycles. The second-order valence-corrected chi connectivity index (χ2v) is 2.85. The van der Waals surface area contributed by atoms with Crippen LogP contribution in [0.5, 0.6) is 0 Å². The molecule has 0 fully saturated rings. The molecule has 2 heteroatoms. The van der Waals surface area contributed by atoms with Crippen molar-refractivity contribution in [3.8, 4) is 0 Å². The summed E-state index contributed by atoms with van der Waals surface area (Å²) in [7, 11) is 4.17. The summed E-state index contributed by atoms with van der Waals surface area (Å²) in [6, 6.07) is 0.537. The van der Waals surface area contributed by atoms with Crippen LogP contribution in [0, 0.1) is 0 Å². The molecule has 0 aromatic rings. The van der Waals surface area contributed by atoms with Gasteiger partial charge in [0.05, 0.1) is 0 Å². The van der Waals surface area contributed by atoms with E-state index >= 15 is 0 Å². The van der Waals surface area contributed by atoms with E-state index in [1.54, 1.807) is 0 Å². The molecule has 0 amide bonds. The maximum atomic E-state index is 2.22. The molecule has 62 valence electrons. The summed E-state index contributed by atoms with van der Waals surface area (Å²) in [5.41, 5.74) is 0. The topological polar surface area (TPSA) is 6.48 Å². The third-order valence-corrected chi connectivity index (χ3v) is 2.14. The van der Waals surface area contributed by atoms with Gasteiger partial charge in [0.2, 0.25) is 0 Å². The van der Waals surface area contributed by atoms with Crippen LogP contribution in [0.3, 0.4) is 0 Å². The molecular weight excluding hydrogens is 136 g/mol. The van der Waals surface area contributed by atoms with E-state index < -0.39 is 0 Å². The van der Waals surface area contributed by atoms with Crippen LogP contribution in [0.2, 0.25) is 0 Å². The first kappa shape index (κ1) is 8.34. The maximum absolute atomic E-state index is 2.22. The number of likely N-dealkylation sites (N-methyl/N-ethyl adjacent to an activating group) is 1. The van der Waals surface area contributed by atoms with Crippen molar-refractivity contribution in [2.45, 2.75) is 19.4 Å². The van der Waals surface area contributed by atoms with Crippen molar-refractivity contribution < 1.29 is 0 Å². The van der Waals surface area contributed by atoms with Crippen LogP contribution in [-0.4, -0.2) is 30.2 Å². The molecule has 1 rings (SSSR count). The lowest BCUT2D eigenvalue weighted by Crippen LogP contribution is -2.39. The number of rotatable bonds is 1. The average Bonchev–Trinajstić information content (AvgIpc) is 2.16. The van der Waals surface area contributed by atoms with Crippen molar-refractivity contribution >= 4 is 0 Å². The van der Waals surface area contributed by atoms with Crippen LogP contribution in [-0.2, 0) is 0 Å². The summed E-state index contributed by atoms with van der Waals surface area (Å²) >= 11 is 0. The lowest BCUT2D eigenvalue weighted by atomic mass is 10.2. The first-order chi connectivity index (χ1) is 5.25. The van der Waals surface area contributed by atoms with Crippen molar-refractivity contribution in [2.24, 2.45) is 0 Å². The highest BCUT2D eigenvalue weighted by atomic mass is 15.6. The Bertz CT molecular complexity index is 172. The molecule has 1 aliphatic heterocycles. The molecular formula is C9H16N2. The lowest BCUT2D eigenvalue weighted by molar-refractivity contribution is 0.0503. The average molecular weight is 152 g/mol. The van der Waals surface area contributed by atoms with Crippen molar-refractivity contribution in [3.63, 3.8) is 0 Å². The van der Waals surface area contributed by atoms with E-state index in [1.165, 1.54) is 0 Å². The summed E-state index contributed by atoms with van der Waals surface area (Å²) in [6.07, 6.45) is 9.60. The number of hydrogen-bond donors (Lipinski definition) is 0. The second kappa shape index (κ2) is 3.58. The Kier molecular flexibility index (Phi) is 2.71. The Morgan fingerprint density at radius 3 is 2.64 bits per heavy atom. The van der Waals surface area contributed by atoms with Crippen molar-refractivity contribution in [2.75, 3.05) is 14.1 Å². The van der Waals surface area contributed by atoms with Gasteiger partial charge >= 0.3 is 0 Å². The van der Waals surface area contributed by atoms with Gasteiger partial charge in [0.25, 0.3) is 0 Å². The van der Waals surface area contributed by atoms with Crippen LogP contribution in [0.15, 0.2) is 24.4 Å². The summed E-state index contributed by atoms with van der Waals surface area (Å²) in [4.78, 5) is 0. The standard InChI is InChI=1S/C9H16N2/c1-4-9-7-5-6-8-10(2)11(9)3/h5-9H,4H2,1-3H3. The van der Waals surface area contributed by atoms with E-state index in [4.69, 9.17) is 0 Å². The zero-order valence-corrected chi connectivity index (χ0v) is 7.49. The van der Waals surface area contributed by atoms with Crippen LogP contribution in [0.25, 0.3) is 0 Å². The Hall–Kier alpha value is -0.760. The molecule has 0 saturated heterocycles. The second-order valence-electron chi connectivity index (χ2n) is 2.85. The monoisotopic (exact) mass is 152 g/mol. The van der Waals surface area contributed by atoms with E-state index in [2.05, 4.69) is 55.5 Å². The Morgan fingerprint density at radius 1 is 1.27 bits per heavy atom. The summed E-state index contributed by atoms with van der Waals surface area (Å²) in [5.74, 6) is 0. The first-order valence-electron chi connectivity index (χ1n) is 4.06. The fourth-order valence-corrected chi connectivity index (χ4v) is 1.23. The van der Waals surface area contributed by atoms with Gasteiger partial charge in [-0.2, -0.15) is 0 Å². The molecule has 1 unspecified atom stereocenters. The normalized spacial score (nSPS) is 25.7. The fourth-order valence-electron chi connectivity index (χ4n) is 1.23. The van der Waals surface area contributed by atoms with Crippen molar-refractivity contribution in [1.82, 2.24) is 10.0 Å². The van der Waals surface area contributed by atoms with E-state index in [1.807, 2.05) is 0 Å². The van der Waals surface area contributed by atoms with Gasteiger partial charge in [0.15, 0.2) is 0 Å². The SMILES string of the molecule is CCC1C=CC=CN(C)N1C. The van der Waals surface area contributed by atoms with Gasteiger partial charge in [-0.15, -0.1) is 0 Å². The van der Waals surface area contributed by atoms with E-state index in [-0.39, 0.29) is 0 Å². The van der Waals surface area contributed by atoms with Gasteiger partial charge in [-0.3, -0.25) is 0 Å². The molecule has 0 saturated carbocycles. The van der Waals surface area contributed by atoms with Gasteiger partial charge < -0.3 is 5.01 Å². The maximum Gasteiger partial charge on any atom is 0.0470 e. The smallest absolute Gasteiger partial charge is 0.0470 e. The predicted octanol–water partition coefficient (Wildman–Crippen LogP) is 1.63. The summed E-state index contributed by atoms with van der Waals surface area (Å²) in [6.45, 7) is 2.20. The fraction of sp³-hybridized carbons (Fsp3) is 0.556. The van der Waals surface area contributed by atoms with E-state index in [0.717, 1.165) is 6.42 Å². The van der Waals surface area contributed by atoms with E-state index in [0.29, 0.717) is 6.04 Å². The molecule has 0 radical (unpaired) electrons.